The van der Waals surface area contributed by atoms with Crippen LogP contribution < -0.4 is 0 Å². The van der Waals surface area contributed by atoms with Crippen molar-refractivity contribution in [2.45, 2.75) is 32.8 Å². The number of imidazole rings is 1. The first-order valence-electron chi connectivity index (χ1n) is 7.11. The number of ether oxygens (including phenoxy) is 1. The van der Waals surface area contributed by atoms with Crippen molar-refractivity contribution in [1.29, 1.82) is 0 Å². The second kappa shape index (κ2) is 6.26. The van der Waals surface area contributed by atoms with Crippen molar-refractivity contribution >= 4 is 6.09 Å². The molecule has 1 aliphatic heterocycles. The Morgan fingerprint density at radius 1 is 1.35 bits per heavy atom. The Morgan fingerprint density at radius 3 is 2.60 bits per heavy atom. The molecule has 0 aromatic carbocycles. The summed E-state index contributed by atoms with van der Waals surface area (Å²) < 4.78 is 5.39. The quantitative estimate of drug-likeness (QED) is 0.911. The lowest BCUT2D eigenvalue weighted by Crippen LogP contribution is -2.50. The molecule has 1 fully saturated rings. The third-order valence-corrected chi connectivity index (χ3v) is 3.28. The summed E-state index contributed by atoms with van der Waals surface area (Å²) in [6.07, 6.45) is 4.32. The van der Waals surface area contributed by atoms with Gasteiger partial charge in [-0.05, 0) is 20.8 Å². The van der Waals surface area contributed by atoms with Crippen LogP contribution in [0.25, 0.3) is 0 Å². The van der Waals surface area contributed by atoms with E-state index < -0.39 is 5.60 Å². The number of nitrogens with zero attached hydrogens (tertiary/aromatic N) is 3. The van der Waals surface area contributed by atoms with Gasteiger partial charge in [0, 0.05) is 51.0 Å². The average Bonchev–Trinajstić information content (AvgIpc) is 2.88. The van der Waals surface area contributed by atoms with Crippen LogP contribution in [0, 0.1) is 0 Å². The number of nitrogens with one attached hydrogen (secondary N) is 1. The predicted molar refractivity (Wildman–Crippen MR) is 76.5 cm³/mol. The van der Waals surface area contributed by atoms with E-state index >= 15 is 0 Å². The fraction of sp³-hybridized carbons (Fsp3) is 0.714. The maximum atomic E-state index is 11.9. The summed E-state index contributed by atoms with van der Waals surface area (Å²) in [5, 5.41) is 0. The Bertz CT molecular complexity index is 417. The van der Waals surface area contributed by atoms with E-state index in [1.165, 1.54) is 0 Å². The van der Waals surface area contributed by atoms with Gasteiger partial charge in [0.1, 0.15) is 5.60 Å². The molecule has 0 atom stereocenters. The maximum Gasteiger partial charge on any atom is 0.410 e. The van der Waals surface area contributed by atoms with Gasteiger partial charge in [0.15, 0.2) is 0 Å². The van der Waals surface area contributed by atoms with Crippen LogP contribution in [0.15, 0.2) is 12.5 Å². The molecular formula is C14H24N4O2. The highest BCUT2D eigenvalue weighted by molar-refractivity contribution is 5.68. The molecule has 0 aliphatic carbocycles. The van der Waals surface area contributed by atoms with E-state index in [9.17, 15) is 4.79 Å². The van der Waals surface area contributed by atoms with Gasteiger partial charge in [-0.1, -0.05) is 0 Å². The van der Waals surface area contributed by atoms with Gasteiger partial charge >= 0.3 is 6.09 Å². The van der Waals surface area contributed by atoms with Gasteiger partial charge in [-0.15, -0.1) is 0 Å². The minimum atomic E-state index is -0.422. The first kappa shape index (κ1) is 14.8. The molecule has 112 valence electrons. The van der Waals surface area contributed by atoms with Crippen molar-refractivity contribution in [3.63, 3.8) is 0 Å². The van der Waals surface area contributed by atoms with Gasteiger partial charge in [0.2, 0.25) is 0 Å². The van der Waals surface area contributed by atoms with Gasteiger partial charge in [0.25, 0.3) is 0 Å². The van der Waals surface area contributed by atoms with Crippen molar-refractivity contribution in [3.8, 4) is 0 Å². The molecule has 0 bridgehead atoms. The lowest BCUT2D eigenvalue weighted by atomic mass is 10.2. The first-order valence-corrected chi connectivity index (χ1v) is 7.11. The Morgan fingerprint density at radius 2 is 2.05 bits per heavy atom. The lowest BCUT2D eigenvalue weighted by molar-refractivity contribution is 0.0146. The highest BCUT2D eigenvalue weighted by Gasteiger charge is 2.25. The monoisotopic (exact) mass is 280 g/mol. The number of aromatic nitrogens is 2. The lowest BCUT2D eigenvalue weighted by Gasteiger charge is -2.35. The Hall–Kier alpha value is -1.56. The van der Waals surface area contributed by atoms with Crippen molar-refractivity contribution < 1.29 is 9.53 Å². The van der Waals surface area contributed by atoms with Gasteiger partial charge in [0.05, 0.1) is 6.33 Å². The molecule has 1 aliphatic rings. The van der Waals surface area contributed by atoms with Crippen molar-refractivity contribution in [1.82, 2.24) is 19.8 Å². The van der Waals surface area contributed by atoms with Crippen LogP contribution in [0.4, 0.5) is 4.79 Å². The molecule has 20 heavy (non-hydrogen) atoms. The molecule has 1 saturated heterocycles. The van der Waals surface area contributed by atoms with Crippen molar-refractivity contribution in [3.05, 3.63) is 18.2 Å². The second-order valence-electron chi connectivity index (χ2n) is 6.14. The normalized spacial score (nSPS) is 17.2. The van der Waals surface area contributed by atoms with Gasteiger partial charge in [-0.2, -0.15) is 0 Å². The average molecular weight is 280 g/mol. The molecule has 1 N–H and O–H groups in total. The summed E-state index contributed by atoms with van der Waals surface area (Å²) >= 11 is 0. The Kier molecular flexibility index (Phi) is 4.65. The van der Waals surface area contributed by atoms with E-state index in [1.807, 2.05) is 27.0 Å². The molecule has 1 amide bonds. The van der Waals surface area contributed by atoms with Gasteiger partial charge < -0.3 is 14.6 Å². The van der Waals surface area contributed by atoms with Gasteiger partial charge in [-0.25, -0.2) is 9.78 Å². The van der Waals surface area contributed by atoms with E-state index in [1.54, 1.807) is 11.2 Å². The molecule has 0 saturated carbocycles. The zero-order valence-electron chi connectivity index (χ0n) is 12.6. The van der Waals surface area contributed by atoms with E-state index in [4.69, 9.17) is 4.74 Å². The third-order valence-electron chi connectivity index (χ3n) is 3.28. The highest BCUT2D eigenvalue weighted by Crippen LogP contribution is 2.12. The van der Waals surface area contributed by atoms with Crippen LogP contribution in [0.5, 0.6) is 0 Å². The van der Waals surface area contributed by atoms with Crippen LogP contribution in [0.2, 0.25) is 0 Å². The number of piperazine rings is 1. The first-order chi connectivity index (χ1) is 9.44. The largest absolute Gasteiger partial charge is 0.444 e. The topological polar surface area (TPSA) is 61.5 Å². The number of carbonyl (C=O) groups is 1. The standard InChI is InChI=1S/C14H24N4O2/c1-14(2,3)20-13(19)18-8-6-17(7-9-18)5-4-12-10-15-11-16-12/h10-11H,4-9H2,1-3H3,(H,15,16). The molecular weight excluding hydrogens is 256 g/mol. The molecule has 1 aromatic rings. The third kappa shape index (κ3) is 4.52. The summed E-state index contributed by atoms with van der Waals surface area (Å²) in [6, 6.07) is 0. The molecule has 2 heterocycles. The summed E-state index contributed by atoms with van der Waals surface area (Å²) in [4.78, 5) is 23.2. The summed E-state index contributed by atoms with van der Waals surface area (Å²) in [5.41, 5.74) is 0.731. The van der Waals surface area contributed by atoms with E-state index in [-0.39, 0.29) is 6.09 Å². The number of aromatic amines is 1. The minimum absolute atomic E-state index is 0.203. The van der Waals surface area contributed by atoms with Crippen LogP contribution >= 0.6 is 0 Å². The molecule has 2 rings (SSSR count). The second-order valence-corrected chi connectivity index (χ2v) is 6.14. The zero-order chi connectivity index (χ0) is 14.6. The number of H-pyrrole nitrogens is 1. The minimum Gasteiger partial charge on any atom is -0.444 e. The molecule has 0 unspecified atom stereocenters. The SMILES string of the molecule is CC(C)(C)OC(=O)N1CCN(CCc2cnc[nH]2)CC1. The Balaban J connectivity index is 1.71. The molecule has 6 nitrogen and oxygen atoms in total. The smallest absolute Gasteiger partial charge is 0.410 e. The number of hydrogen-bond donors (Lipinski definition) is 1. The fourth-order valence-corrected chi connectivity index (χ4v) is 2.18. The number of amides is 1. The molecule has 0 radical (unpaired) electrons. The van der Waals surface area contributed by atoms with Crippen LogP contribution in [0.1, 0.15) is 26.5 Å². The number of rotatable bonds is 3. The maximum absolute atomic E-state index is 11.9. The zero-order valence-corrected chi connectivity index (χ0v) is 12.6. The summed E-state index contributed by atoms with van der Waals surface area (Å²) in [6.45, 7) is 9.93. The molecule has 0 spiro atoms. The van der Waals surface area contributed by atoms with E-state index in [0.29, 0.717) is 0 Å². The predicted octanol–water partition coefficient (Wildman–Crippen LogP) is 1.50. The highest BCUT2D eigenvalue weighted by atomic mass is 16.6. The summed E-state index contributed by atoms with van der Waals surface area (Å²) in [5.74, 6) is 0. The summed E-state index contributed by atoms with van der Waals surface area (Å²) in [7, 11) is 0. The van der Waals surface area contributed by atoms with Crippen LogP contribution in [-0.4, -0.2) is 64.2 Å². The van der Waals surface area contributed by atoms with Crippen LogP contribution in [0.3, 0.4) is 0 Å². The fourth-order valence-electron chi connectivity index (χ4n) is 2.18. The molecule has 1 aromatic heterocycles. The Labute approximate surface area is 120 Å². The van der Waals surface area contributed by atoms with E-state index in [2.05, 4.69) is 14.9 Å². The molecule has 6 heteroatoms. The van der Waals surface area contributed by atoms with E-state index in [0.717, 1.165) is 44.8 Å². The van der Waals surface area contributed by atoms with Crippen molar-refractivity contribution in [2.24, 2.45) is 0 Å². The van der Waals surface area contributed by atoms with Crippen LogP contribution in [-0.2, 0) is 11.2 Å². The van der Waals surface area contributed by atoms with Gasteiger partial charge in [-0.3, -0.25) is 4.90 Å². The van der Waals surface area contributed by atoms with Crippen molar-refractivity contribution in [2.75, 3.05) is 32.7 Å². The number of carbonyl (C=O) groups excluding carboxylic acids is 1. The number of hydrogen-bond acceptors (Lipinski definition) is 4.